The van der Waals surface area contributed by atoms with Crippen molar-refractivity contribution >= 4 is 5.96 Å². The standard InChI is InChI=1S/C16H33N3O/c1-16(2,3)9-10-18-15(17-4)19(5)11-6-14-7-12-20-13-8-14/h14H,6-13H2,1-5H3,(H,17,18). The highest BCUT2D eigenvalue weighted by Crippen LogP contribution is 2.19. The highest BCUT2D eigenvalue weighted by molar-refractivity contribution is 5.79. The molecule has 1 saturated heterocycles. The van der Waals surface area contributed by atoms with E-state index in [2.05, 4.69) is 43.0 Å². The van der Waals surface area contributed by atoms with Gasteiger partial charge in [0.1, 0.15) is 0 Å². The Balaban J connectivity index is 2.26. The summed E-state index contributed by atoms with van der Waals surface area (Å²) in [4.78, 5) is 6.63. The van der Waals surface area contributed by atoms with Crippen molar-refractivity contribution in [2.45, 2.75) is 46.5 Å². The third-order valence-corrected chi connectivity index (χ3v) is 3.95. The number of hydrogen-bond donors (Lipinski definition) is 1. The van der Waals surface area contributed by atoms with Gasteiger partial charge in [-0.25, -0.2) is 0 Å². The number of nitrogens with one attached hydrogen (secondary N) is 1. The molecular weight excluding hydrogens is 250 g/mol. The van der Waals surface area contributed by atoms with Gasteiger partial charge < -0.3 is 15.0 Å². The zero-order valence-electron chi connectivity index (χ0n) is 14.0. The summed E-state index contributed by atoms with van der Waals surface area (Å²) in [5, 5.41) is 3.46. The van der Waals surface area contributed by atoms with Crippen molar-refractivity contribution in [1.29, 1.82) is 0 Å². The maximum Gasteiger partial charge on any atom is 0.193 e. The van der Waals surface area contributed by atoms with Crippen molar-refractivity contribution in [1.82, 2.24) is 10.2 Å². The molecule has 1 rings (SSSR count). The fourth-order valence-corrected chi connectivity index (χ4v) is 2.45. The molecule has 1 fully saturated rings. The molecule has 0 spiro atoms. The summed E-state index contributed by atoms with van der Waals surface area (Å²) in [6.07, 6.45) is 4.81. The number of rotatable bonds is 5. The Morgan fingerprint density at radius 3 is 2.50 bits per heavy atom. The molecule has 1 heterocycles. The zero-order valence-corrected chi connectivity index (χ0v) is 14.0. The molecule has 20 heavy (non-hydrogen) atoms. The lowest BCUT2D eigenvalue weighted by molar-refractivity contribution is 0.0625. The molecule has 0 aliphatic carbocycles. The van der Waals surface area contributed by atoms with Crippen molar-refractivity contribution in [3.8, 4) is 0 Å². The molecule has 0 aromatic heterocycles. The SMILES string of the molecule is CN=C(NCCC(C)(C)C)N(C)CCC1CCOCC1. The fraction of sp³-hybridized carbons (Fsp3) is 0.938. The van der Waals surface area contributed by atoms with Crippen LogP contribution in [0.5, 0.6) is 0 Å². The Kier molecular flexibility index (Phi) is 7.35. The summed E-state index contributed by atoms with van der Waals surface area (Å²) in [7, 11) is 4.00. The van der Waals surface area contributed by atoms with Gasteiger partial charge in [-0.2, -0.15) is 0 Å². The highest BCUT2D eigenvalue weighted by atomic mass is 16.5. The van der Waals surface area contributed by atoms with E-state index in [1.165, 1.54) is 19.3 Å². The first kappa shape index (κ1) is 17.3. The first-order chi connectivity index (χ1) is 9.42. The van der Waals surface area contributed by atoms with Gasteiger partial charge in [-0.3, -0.25) is 4.99 Å². The molecular formula is C16H33N3O. The fourth-order valence-electron chi connectivity index (χ4n) is 2.45. The van der Waals surface area contributed by atoms with Crippen molar-refractivity contribution in [2.75, 3.05) is 40.4 Å². The topological polar surface area (TPSA) is 36.9 Å². The van der Waals surface area contributed by atoms with Gasteiger partial charge in [0.05, 0.1) is 0 Å². The number of nitrogens with zero attached hydrogens (tertiary/aromatic N) is 2. The van der Waals surface area contributed by atoms with Crippen LogP contribution in [0.4, 0.5) is 0 Å². The van der Waals surface area contributed by atoms with Crippen molar-refractivity contribution in [3.05, 3.63) is 0 Å². The minimum absolute atomic E-state index is 0.368. The number of ether oxygens (including phenoxy) is 1. The molecule has 0 aromatic carbocycles. The second-order valence-corrected chi connectivity index (χ2v) is 7.05. The van der Waals surface area contributed by atoms with Crippen molar-refractivity contribution < 1.29 is 4.74 Å². The van der Waals surface area contributed by atoms with E-state index in [0.717, 1.165) is 44.6 Å². The van der Waals surface area contributed by atoms with E-state index in [1.54, 1.807) is 0 Å². The van der Waals surface area contributed by atoms with Gasteiger partial charge in [-0.05, 0) is 37.0 Å². The van der Waals surface area contributed by atoms with E-state index in [9.17, 15) is 0 Å². The number of aliphatic imine (C=N–C) groups is 1. The van der Waals surface area contributed by atoms with Crippen LogP contribution in [0.15, 0.2) is 4.99 Å². The Hall–Kier alpha value is -0.770. The predicted molar refractivity (Wildman–Crippen MR) is 86.2 cm³/mol. The van der Waals surface area contributed by atoms with E-state index in [4.69, 9.17) is 4.74 Å². The highest BCUT2D eigenvalue weighted by Gasteiger charge is 2.16. The zero-order chi connectivity index (χ0) is 15.0. The maximum absolute atomic E-state index is 5.41. The molecule has 0 unspecified atom stereocenters. The van der Waals surface area contributed by atoms with Crippen LogP contribution in [0.25, 0.3) is 0 Å². The molecule has 1 N–H and O–H groups in total. The Bertz CT molecular complexity index is 291. The third-order valence-electron chi connectivity index (χ3n) is 3.95. The van der Waals surface area contributed by atoms with Crippen LogP contribution in [0.3, 0.4) is 0 Å². The maximum atomic E-state index is 5.41. The molecule has 1 aliphatic rings. The summed E-state index contributed by atoms with van der Waals surface area (Å²) in [6, 6.07) is 0. The number of hydrogen-bond acceptors (Lipinski definition) is 2. The minimum atomic E-state index is 0.368. The second-order valence-electron chi connectivity index (χ2n) is 7.05. The van der Waals surface area contributed by atoms with Gasteiger partial charge in [0.15, 0.2) is 5.96 Å². The van der Waals surface area contributed by atoms with E-state index in [1.807, 2.05) is 7.05 Å². The summed E-state index contributed by atoms with van der Waals surface area (Å²) in [6.45, 7) is 10.7. The Labute approximate surface area is 125 Å². The van der Waals surface area contributed by atoms with Gasteiger partial charge in [-0.1, -0.05) is 20.8 Å². The lowest BCUT2D eigenvalue weighted by Crippen LogP contribution is -2.41. The molecule has 0 bridgehead atoms. The van der Waals surface area contributed by atoms with Gasteiger partial charge in [0, 0.05) is 40.4 Å². The average molecular weight is 283 g/mol. The normalized spacial score (nSPS) is 18.1. The molecule has 0 aromatic rings. The Morgan fingerprint density at radius 2 is 1.95 bits per heavy atom. The molecule has 0 atom stereocenters. The molecule has 118 valence electrons. The first-order valence-electron chi connectivity index (χ1n) is 7.92. The van der Waals surface area contributed by atoms with Crippen LogP contribution in [-0.4, -0.2) is 51.3 Å². The van der Waals surface area contributed by atoms with Gasteiger partial charge in [-0.15, -0.1) is 0 Å². The van der Waals surface area contributed by atoms with E-state index < -0.39 is 0 Å². The lowest BCUT2D eigenvalue weighted by Gasteiger charge is -2.27. The van der Waals surface area contributed by atoms with E-state index >= 15 is 0 Å². The largest absolute Gasteiger partial charge is 0.381 e. The quantitative estimate of drug-likeness (QED) is 0.622. The molecule has 0 amide bonds. The summed E-state index contributed by atoms with van der Waals surface area (Å²) < 4.78 is 5.41. The summed E-state index contributed by atoms with van der Waals surface area (Å²) in [5.41, 5.74) is 0.368. The van der Waals surface area contributed by atoms with Crippen molar-refractivity contribution in [2.24, 2.45) is 16.3 Å². The molecule has 0 saturated carbocycles. The monoisotopic (exact) mass is 283 g/mol. The minimum Gasteiger partial charge on any atom is -0.381 e. The van der Waals surface area contributed by atoms with Gasteiger partial charge in [0.2, 0.25) is 0 Å². The third kappa shape index (κ3) is 7.13. The van der Waals surface area contributed by atoms with Gasteiger partial charge >= 0.3 is 0 Å². The van der Waals surface area contributed by atoms with Crippen molar-refractivity contribution in [3.63, 3.8) is 0 Å². The van der Waals surface area contributed by atoms with Crippen LogP contribution in [-0.2, 0) is 4.74 Å². The molecule has 4 nitrogen and oxygen atoms in total. The Morgan fingerprint density at radius 1 is 1.30 bits per heavy atom. The molecule has 1 aliphatic heterocycles. The van der Waals surface area contributed by atoms with Crippen LogP contribution < -0.4 is 5.32 Å². The smallest absolute Gasteiger partial charge is 0.193 e. The number of guanidine groups is 1. The summed E-state index contributed by atoms with van der Waals surface area (Å²) in [5.74, 6) is 1.83. The van der Waals surface area contributed by atoms with E-state index in [-0.39, 0.29) is 0 Å². The molecule has 0 radical (unpaired) electrons. The van der Waals surface area contributed by atoms with Crippen LogP contribution in [0, 0.1) is 11.3 Å². The average Bonchev–Trinajstić information content (AvgIpc) is 2.41. The van der Waals surface area contributed by atoms with Crippen LogP contribution >= 0.6 is 0 Å². The van der Waals surface area contributed by atoms with Crippen LogP contribution in [0.2, 0.25) is 0 Å². The van der Waals surface area contributed by atoms with E-state index in [0.29, 0.717) is 5.41 Å². The molecule has 4 heteroatoms. The lowest BCUT2D eigenvalue weighted by atomic mass is 9.92. The summed E-state index contributed by atoms with van der Waals surface area (Å²) >= 11 is 0. The predicted octanol–water partition coefficient (Wildman–Crippen LogP) is 2.75. The second kappa shape index (κ2) is 8.50. The first-order valence-corrected chi connectivity index (χ1v) is 7.92. The van der Waals surface area contributed by atoms with Gasteiger partial charge in [0.25, 0.3) is 0 Å². The van der Waals surface area contributed by atoms with Crippen LogP contribution in [0.1, 0.15) is 46.5 Å².